The highest BCUT2D eigenvalue weighted by atomic mass is 35.5. The van der Waals surface area contributed by atoms with Crippen LogP contribution in [0.25, 0.3) is 22.0 Å². The molecule has 8 heteroatoms. The van der Waals surface area contributed by atoms with Crippen molar-refractivity contribution in [1.29, 1.82) is 0 Å². The highest BCUT2D eigenvalue weighted by molar-refractivity contribution is 6.39. The van der Waals surface area contributed by atoms with Crippen molar-refractivity contribution in [2.75, 3.05) is 12.0 Å². The van der Waals surface area contributed by atoms with Crippen molar-refractivity contribution in [1.82, 2.24) is 10.5 Å². The molecule has 1 aromatic heterocycles. The molecule has 2 aliphatic carbocycles. The van der Waals surface area contributed by atoms with Gasteiger partial charge in [-0.25, -0.2) is 4.79 Å². The zero-order valence-electron chi connectivity index (χ0n) is 21.6. The Kier molecular flexibility index (Phi) is 6.30. The van der Waals surface area contributed by atoms with E-state index in [1.54, 1.807) is 0 Å². The minimum atomic E-state index is -0.311. The number of esters is 1. The minimum absolute atomic E-state index is 0.311. The molecule has 3 heterocycles. The van der Waals surface area contributed by atoms with Gasteiger partial charge in [-0.1, -0.05) is 46.6 Å². The predicted octanol–water partition coefficient (Wildman–Crippen LogP) is 7.37. The molecule has 2 aliphatic heterocycles. The lowest BCUT2D eigenvalue weighted by molar-refractivity contribution is 0.0601. The largest absolute Gasteiger partial charge is 0.465 e. The number of aromatic nitrogens is 1. The molecule has 1 N–H and O–H groups in total. The van der Waals surface area contributed by atoms with Gasteiger partial charge in [0.1, 0.15) is 11.5 Å². The van der Waals surface area contributed by atoms with Crippen LogP contribution in [0.15, 0.2) is 59.1 Å². The lowest BCUT2D eigenvalue weighted by Gasteiger charge is -2.57. The van der Waals surface area contributed by atoms with Crippen LogP contribution < -0.4 is 10.2 Å². The zero-order chi connectivity index (χ0) is 26.7. The van der Waals surface area contributed by atoms with E-state index in [1.807, 2.05) is 36.4 Å². The first-order chi connectivity index (χ1) is 19.0. The molecule has 2 bridgehead atoms. The smallest absolute Gasteiger partial charge is 0.337 e. The highest BCUT2D eigenvalue weighted by Crippen LogP contribution is 2.47. The Labute approximate surface area is 237 Å². The van der Waals surface area contributed by atoms with Gasteiger partial charge in [0.2, 0.25) is 0 Å². The standard InChI is InChI=1S/C31H29Cl2N3O3/c1-38-31(37)20-8-7-19-12-22(10-9-18(19)11-20)36-23-13-21(14-24(36)15-23)34-16-25-29(35-39-30(25)17-5-6-17)28-26(32)3-2-4-27(28)33/h2-4,7-12,17,21,23-24,34H,5-6,13-16H2,1H3. The average Bonchev–Trinajstić information content (AvgIpc) is 3.71. The van der Waals surface area contributed by atoms with E-state index in [0.29, 0.717) is 46.2 Å². The van der Waals surface area contributed by atoms with E-state index >= 15 is 0 Å². The Bertz CT molecular complexity index is 1550. The first-order valence-electron chi connectivity index (χ1n) is 13.6. The second-order valence-corrected chi connectivity index (χ2v) is 11.8. The number of hydrogen-bond acceptors (Lipinski definition) is 6. The molecule has 4 aromatic rings. The Hall–Kier alpha value is -3.06. The molecule has 0 radical (unpaired) electrons. The van der Waals surface area contributed by atoms with Gasteiger partial charge in [0.15, 0.2) is 0 Å². The van der Waals surface area contributed by atoms with E-state index in [1.165, 1.54) is 19.2 Å². The summed E-state index contributed by atoms with van der Waals surface area (Å²) in [7, 11) is 1.41. The van der Waals surface area contributed by atoms with Crippen LogP contribution in [0.1, 0.15) is 59.7 Å². The monoisotopic (exact) mass is 561 g/mol. The molecular formula is C31H29Cl2N3O3. The molecule has 3 aromatic carbocycles. The Balaban J connectivity index is 1.06. The zero-order valence-corrected chi connectivity index (χ0v) is 23.1. The predicted molar refractivity (Wildman–Crippen MR) is 154 cm³/mol. The summed E-state index contributed by atoms with van der Waals surface area (Å²) in [4.78, 5) is 14.5. The van der Waals surface area contributed by atoms with Crippen LogP contribution in [0.5, 0.6) is 0 Å². The third-order valence-electron chi connectivity index (χ3n) is 8.52. The number of piperidine rings is 1. The Morgan fingerprint density at radius 1 is 1.03 bits per heavy atom. The summed E-state index contributed by atoms with van der Waals surface area (Å²) in [5.74, 6) is 1.10. The number of nitrogens with one attached hydrogen (secondary N) is 1. The van der Waals surface area contributed by atoms with Crippen molar-refractivity contribution in [3.05, 3.63) is 81.5 Å². The number of benzene rings is 3. The van der Waals surface area contributed by atoms with Gasteiger partial charge in [0.05, 0.1) is 22.7 Å². The minimum Gasteiger partial charge on any atom is -0.465 e. The molecule has 2 atom stereocenters. The van der Waals surface area contributed by atoms with Crippen LogP contribution in [0, 0.1) is 0 Å². The topological polar surface area (TPSA) is 67.6 Å². The van der Waals surface area contributed by atoms with E-state index in [4.69, 9.17) is 32.5 Å². The highest BCUT2D eigenvalue weighted by Gasteiger charge is 2.45. The molecule has 2 saturated carbocycles. The quantitative estimate of drug-likeness (QED) is 0.237. The summed E-state index contributed by atoms with van der Waals surface area (Å²) in [5, 5.41) is 11.6. The number of carbonyl (C=O) groups excluding carboxylic acids is 1. The first-order valence-corrected chi connectivity index (χ1v) is 14.3. The third kappa shape index (κ3) is 4.48. The van der Waals surface area contributed by atoms with Crippen molar-refractivity contribution in [2.45, 2.75) is 62.7 Å². The molecule has 6 nitrogen and oxygen atoms in total. The van der Waals surface area contributed by atoms with Crippen LogP contribution in [0.4, 0.5) is 5.69 Å². The van der Waals surface area contributed by atoms with Gasteiger partial charge in [0, 0.05) is 47.4 Å². The van der Waals surface area contributed by atoms with Gasteiger partial charge in [-0.15, -0.1) is 0 Å². The van der Waals surface area contributed by atoms with Crippen LogP contribution in [-0.4, -0.2) is 36.4 Å². The Morgan fingerprint density at radius 3 is 2.46 bits per heavy atom. The van der Waals surface area contributed by atoms with Gasteiger partial charge >= 0.3 is 5.97 Å². The number of methoxy groups -OCH3 is 1. The molecule has 2 unspecified atom stereocenters. The van der Waals surface area contributed by atoms with Crippen molar-refractivity contribution < 1.29 is 14.1 Å². The molecule has 8 rings (SSSR count). The SMILES string of the molecule is COC(=O)c1ccc2cc(N3C4CC(NCc5c(-c6c(Cl)cccc6Cl)noc5C5CC5)CC3C4)ccc2c1. The van der Waals surface area contributed by atoms with Crippen LogP contribution >= 0.6 is 23.2 Å². The van der Waals surface area contributed by atoms with E-state index in [0.717, 1.165) is 59.0 Å². The van der Waals surface area contributed by atoms with Crippen molar-refractivity contribution in [3.8, 4) is 11.3 Å². The maximum Gasteiger partial charge on any atom is 0.337 e. The number of fused-ring (bicyclic) bond motifs is 3. The van der Waals surface area contributed by atoms with Gasteiger partial charge in [-0.2, -0.15) is 0 Å². The molecule has 4 aliphatic rings. The van der Waals surface area contributed by atoms with E-state index in [9.17, 15) is 4.79 Å². The van der Waals surface area contributed by atoms with Crippen molar-refractivity contribution in [3.63, 3.8) is 0 Å². The number of nitrogens with zero attached hydrogens (tertiary/aromatic N) is 2. The van der Waals surface area contributed by atoms with Crippen LogP contribution in [0.2, 0.25) is 10.0 Å². The number of anilines is 1. The fourth-order valence-corrected chi connectivity index (χ4v) is 7.00. The van der Waals surface area contributed by atoms with E-state index in [2.05, 4.69) is 33.6 Å². The summed E-state index contributed by atoms with van der Waals surface area (Å²) >= 11 is 13.1. The summed E-state index contributed by atoms with van der Waals surface area (Å²) in [5.41, 5.74) is 4.42. The van der Waals surface area contributed by atoms with Crippen molar-refractivity contribution in [2.24, 2.45) is 0 Å². The van der Waals surface area contributed by atoms with E-state index < -0.39 is 0 Å². The summed E-state index contributed by atoms with van der Waals surface area (Å²) < 4.78 is 10.7. The van der Waals surface area contributed by atoms with Gasteiger partial charge in [0.25, 0.3) is 0 Å². The number of ether oxygens (including phenoxy) is 1. The van der Waals surface area contributed by atoms with Crippen molar-refractivity contribution >= 4 is 45.6 Å². The Morgan fingerprint density at radius 2 is 1.74 bits per heavy atom. The van der Waals surface area contributed by atoms with Crippen LogP contribution in [-0.2, 0) is 11.3 Å². The number of rotatable bonds is 7. The van der Waals surface area contributed by atoms with Gasteiger partial charge in [-0.3, -0.25) is 0 Å². The first kappa shape index (κ1) is 24.9. The van der Waals surface area contributed by atoms with Crippen LogP contribution in [0.3, 0.4) is 0 Å². The second kappa shape index (κ2) is 9.84. The molecule has 39 heavy (non-hydrogen) atoms. The fraction of sp³-hybridized carbons (Fsp3) is 0.355. The summed E-state index contributed by atoms with van der Waals surface area (Å²) in [6.45, 7) is 0.689. The average molecular weight is 562 g/mol. The molecular weight excluding hydrogens is 533 g/mol. The van der Waals surface area contributed by atoms with Gasteiger partial charge in [-0.05, 0) is 79.3 Å². The lowest BCUT2D eigenvalue weighted by Crippen LogP contribution is -2.64. The lowest BCUT2D eigenvalue weighted by atomic mass is 9.76. The number of carbonyl (C=O) groups is 1. The van der Waals surface area contributed by atoms with E-state index in [-0.39, 0.29) is 5.97 Å². The third-order valence-corrected chi connectivity index (χ3v) is 9.15. The fourth-order valence-electron chi connectivity index (χ4n) is 6.43. The maximum absolute atomic E-state index is 11.9. The summed E-state index contributed by atoms with van der Waals surface area (Å²) in [6.07, 6.45) is 5.66. The molecule has 0 spiro atoms. The number of halogens is 2. The maximum atomic E-state index is 11.9. The normalized spacial score (nSPS) is 22.1. The molecule has 4 fully saturated rings. The van der Waals surface area contributed by atoms with Gasteiger partial charge < -0.3 is 19.5 Å². The molecule has 200 valence electrons. The molecule has 2 saturated heterocycles. The summed E-state index contributed by atoms with van der Waals surface area (Å²) in [6, 6.07) is 19.2. The second-order valence-electron chi connectivity index (χ2n) is 11.0. The molecule has 0 amide bonds. The number of hydrogen-bond donors (Lipinski definition) is 1.